The van der Waals surface area contributed by atoms with E-state index in [9.17, 15) is 4.79 Å². The van der Waals surface area contributed by atoms with Gasteiger partial charge in [0.25, 0.3) is 0 Å². The molecule has 0 radical (unpaired) electrons. The van der Waals surface area contributed by atoms with Gasteiger partial charge in [-0.15, -0.1) is 0 Å². The van der Waals surface area contributed by atoms with Crippen LogP contribution in [0.3, 0.4) is 0 Å². The molecule has 0 aromatic heterocycles. The number of urea groups is 1. The summed E-state index contributed by atoms with van der Waals surface area (Å²) in [6.45, 7) is 6.93. The van der Waals surface area contributed by atoms with E-state index in [1.807, 2.05) is 57.2 Å². The summed E-state index contributed by atoms with van der Waals surface area (Å²) in [6.07, 6.45) is 1.60. The van der Waals surface area contributed by atoms with E-state index < -0.39 is 6.03 Å². The van der Waals surface area contributed by atoms with Gasteiger partial charge in [-0.3, -0.25) is 0 Å². The van der Waals surface area contributed by atoms with E-state index in [4.69, 9.17) is 21.1 Å². The zero-order chi connectivity index (χ0) is 22.9. The third kappa shape index (κ3) is 6.75. The second-order valence-electron chi connectivity index (χ2n) is 7.18. The van der Waals surface area contributed by atoms with Gasteiger partial charge < -0.3 is 14.8 Å². The molecule has 0 saturated heterocycles. The Morgan fingerprint density at radius 1 is 1.00 bits per heavy atom. The smallest absolute Gasteiger partial charge is 0.339 e. The standard InChI is InChI=1S/C25H26ClN3O3/c1-4-31-23-11-9-22(10-12-23)28-25(30)29-27-15-20-13-17(2)24(18(3)14-20)32-16-19-5-7-21(26)8-6-19/h5-15H,4,16H2,1-3H3,(H2,28,29,30)/b27-15-. The Bertz CT molecular complexity index is 1060. The molecule has 0 saturated carbocycles. The number of ether oxygens (including phenoxy) is 2. The minimum atomic E-state index is -0.429. The van der Waals surface area contributed by atoms with Gasteiger partial charge in [-0.1, -0.05) is 23.7 Å². The number of nitrogens with zero attached hydrogens (tertiary/aromatic N) is 1. The first-order valence-corrected chi connectivity index (χ1v) is 10.6. The predicted octanol–water partition coefficient (Wildman–Crippen LogP) is 6.09. The Morgan fingerprint density at radius 3 is 2.28 bits per heavy atom. The number of carbonyl (C=O) groups excluding carboxylic acids is 1. The van der Waals surface area contributed by atoms with Gasteiger partial charge in [-0.25, -0.2) is 10.2 Å². The zero-order valence-electron chi connectivity index (χ0n) is 18.3. The highest BCUT2D eigenvalue weighted by Crippen LogP contribution is 2.25. The van der Waals surface area contributed by atoms with Crippen molar-refractivity contribution in [3.63, 3.8) is 0 Å². The minimum absolute atomic E-state index is 0.429. The SMILES string of the molecule is CCOc1ccc(NC(=O)N/N=C\c2cc(C)c(OCc3ccc(Cl)cc3)c(C)c2)cc1. The van der Waals surface area contributed by atoms with Gasteiger partial charge in [0, 0.05) is 10.7 Å². The molecule has 0 unspecified atom stereocenters. The van der Waals surface area contributed by atoms with E-state index in [0.29, 0.717) is 23.9 Å². The number of aryl methyl sites for hydroxylation is 2. The first-order valence-electron chi connectivity index (χ1n) is 10.3. The van der Waals surface area contributed by atoms with Crippen molar-refractivity contribution in [1.82, 2.24) is 5.43 Å². The lowest BCUT2D eigenvalue weighted by Gasteiger charge is -2.13. The molecule has 0 heterocycles. The molecule has 166 valence electrons. The topological polar surface area (TPSA) is 72.0 Å². The molecule has 3 rings (SSSR count). The zero-order valence-corrected chi connectivity index (χ0v) is 19.1. The molecule has 2 N–H and O–H groups in total. The Kier molecular flexibility index (Phi) is 8.11. The van der Waals surface area contributed by atoms with Crippen LogP contribution in [0.5, 0.6) is 11.5 Å². The Morgan fingerprint density at radius 2 is 1.66 bits per heavy atom. The van der Waals surface area contributed by atoms with Gasteiger partial charge in [0.2, 0.25) is 0 Å². The van der Waals surface area contributed by atoms with Crippen molar-refractivity contribution in [3.05, 3.63) is 87.9 Å². The molecule has 0 aliphatic rings. The van der Waals surface area contributed by atoms with E-state index in [1.54, 1.807) is 30.5 Å². The van der Waals surface area contributed by atoms with Gasteiger partial charge in [-0.05, 0) is 91.6 Å². The molecule has 3 aromatic carbocycles. The van der Waals surface area contributed by atoms with Crippen LogP contribution in [0.25, 0.3) is 0 Å². The van der Waals surface area contributed by atoms with Crippen molar-refractivity contribution >= 4 is 29.5 Å². The van der Waals surface area contributed by atoms with Crippen LogP contribution in [0.15, 0.2) is 65.8 Å². The molecule has 7 heteroatoms. The van der Waals surface area contributed by atoms with Gasteiger partial charge >= 0.3 is 6.03 Å². The molecule has 0 atom stereocenters. The van der Waals surface area contributed by atoms with Crippen LogP contribution >= 0.6 is 11.6 Å². The van der Waals surface area contributed by atoms with Crippen LogP contribution in [-0.2, 0) is 6.61 Å². The number of benzene rings is 3. The fourth-order valence-electron chi connectivity index (χ4n) is 3.15. The first kappa shape index (κ1) is 23.2. The highest BCUT2D eigenvalue weighted by molar-refractivity contribution is 6.30. The fraction of sp³-hybridized carbons (Fsp3) is 0.200. The lowest BCUT2D eigenvalue weighted by Crippen LogP contribution is -2.24. The number of carbonyl (C=O) groups is 1. The molecule has 6 nitrogen and oxygen atoms in total. The number of hydrogen-bond acceptors (Lipinski definition) is 4. The van der Waals surface area contributed by atoms with Crippen LogP contribution in [0.2, 0.25) is 5.02 Å². The normalized spacial score (nSPS) is 10.8. The van der Waals surface area contributed by atoms with Crippen molar-refractivity contribution in [2.75, 3.05) is 11.9 Å². The van der Waals surface area contributed by atoms with Crippen molar-refractivity contribution in [3.8, 4) is 11.5 Å². The maximum atomic E-state index is 12.0. The fourth-order valence-corrected chi connectivity index (χ4v) is 3.27. The molecule has 2 amide bonds. The number of amides is 2. The van der Waals surface area contributed by atoms with E-state index in [-0.39, 0.29) is 0 Å². The lowest BCUT2D eigenvalue weighted by molar-refractivity contribution is 0.252. The van der Waals surface area contributed by atoms with Crippen LogP contribution in [-0.4, -0.2) is 18.9 Å². The lowest BCUT2D eigenvalue weighted by atomic mass is 10.1. The second-order valence-corrected chi connectivity index (χ2v) is 7.62. The third-order valence-electron chi connectivity index (χ3n) is 4.58. The maximum Gasteiger partial charge on any atom is 0.339 e. The predicted molar refractivity (Wildman–Crippen MR) is 129 cm³/mol. The van der Waals surface area contributed by atoms with Crippen LogP contribution in [0.1, 0.15) is 29.2 Å². The summed E-state index contributed by atoms with van der Waals surface area (Å²) in [5.41, 5.74) is 6.99. The number of halogens is 1. The van der Waals surface area contributed by atoms with Crippen molar-refractivity contribution < 1.29 is 14.3 Å². The van der Waals surface area contributed by atoms with Gasteiger partial charge in [0.15, 0.2) is 0 Å². The Labute approximate surface area is 193 Å². The molecule has 0 aliphatic heterocycles. The monoisotopic (exact) mass is 451 g/mol. The number of nitrogens with one attached hydrogen (secondary N) is 2. The van der Waals surface area contributed by atoms with Crippen LogP contribution in [0, 0.1) is 13.8 Å². The van der Waals surface area contributed by atoms with E-state index in [0.717, 1.165) is 33.8 Å². The summed E-state index contributed by atoms with van der Waals surface area (Å²) in [4.78, 5) is 12.0. The summed E-state index contributed by atoms with van der Waals surface area (Å²) < 4.78 is 11.4. The van der Waals surface area contributed by atoms with Crippen molar-refractivity contribution in [2.45, 2.75) is 27.4 Å². The summed E-state index contributed by atoms with van der Waals surface area (Å²) >= 11 is 5.93. The van der Waals surface area contributed by atoms with Gasteiger partial charge in [0.1, 0.15) is 18.1 Å². The largest absolute Gasteiger partial charge is 0.494 e. The number of anilines is 1. The van der Waals surface area contributed by atoms with Crippen LogP contribution in [0.4, 0.5) is 10.5 Å². The molecular formula is C25H26ClN3O3. The quantitative estimate of drug-likeness (QED) is 0.321. The molecule has 3 aromatic rings. The molecule has 32 heavy (non-hydrogen) atoms. The van der Waals surface area contributed by atoms with E-state index >= 15 is 0 Å². The van der Waals surface area contributed by atoms with E-state index in [2.05, 4.69) is 15.8 Å². The highest BCUT2D eigenvalue weighted by Gasteiger charge is 2.07. The molecule has 0 aliphatic carbocycles. The summed E-state index contributed by atoms with van der Waals surface area (Å²) in [6, 6.07) is 18.2. The molecule has 0 fully saturated rings. The van der Waals surface area contributed by atoms with Gasteiger partial charge in [0.05, 0.1) is 12.8 Å². The average Bonchev–Trinajstić information content (AvgIpc) is 2.76. The average molecular weight is 452 g/mol. The molecule has 0 bridgehead atoms. The number of rotatable bonds is 8. The Balaban J connectivity index is 1.54. The summed E-state index contributed by atoms with van der Waals surface area (Å²) in [5.74, 6) is 1.58. The summed E-state index contributed by atoms with van der Waals surface area (Å²) in [5, 5.41) is 7.45. The Hall–Kier alpha value is -3.51. The minimum Gasteiger partial charge on any atom is -0.494 e. The molecular weight excluding hydrogens is 426 g/mol. The number of hydrogen-bond donors (Lipinski definition) is 2. The highest BCUT2D eigenvalue weighted by atomic mass is 35.5. The summed E-state index contributed by atoms with van der Waals surface area (Å²) in [7, 11) is 0. The maximum absolute atomic E-state index is 12.0. The van der Waals surface area contributed by atoms with E-state index in [1.165, 1.54) is 0 Å². The van der Waals surface area contributed by atoms with Crippen molar-refractivity contribution in [1.29, 1.82) is 0 Å². The van der Waals surface area contributed by atoms with Gasteiger partial charge in [-0.2, -0.15) is 5.10 Å². The van der Waals surface area contributed by atoms with Crippen molar-refractivity contribution in [2.24, 2.45) is 5.10 Å². The second kappa shape index (κ2) is 11.2. The third-order valence-corrected chi connectivity index (χ3v) is 4.83. The van der Waals surface area contributed by atoms with Crippen LogP contribution < -0.4 is 20.2 Å². The number of hydrazone groups is 1. The molecule has 0 spiro atoms. The first-order chi connectivity index (χ1) is 15.4.